The molecule has 0 aliphatic carbocycles. The van der Waals surface area contributed by atoms with Crippen molar-refractivity contribution in [3.63, 3.8) is 0 Å². The number of aliphatic imine (C=N–C) groups is 1. The van der Waals surface area contributed by atoms with Crippen molar-refractivity contribution in [3.8, 4) is 0 Å². The Morgan fingerprint density at radius 3 is 2.75 bits per heavy atom. The SMILES string of the molecule is CCNC(=NCC(O)c1ccco1)NCCCN1CCCCCC1. The van der Waals surface area contributed by atoms with E-state index in [2.05, 4.69) is 20.5 Å². The van der Waals surface area contributed by atoms with Crippen molar-refractivity contribution < 1.29 is 9.52 Å². The van der Waals surface area contributed by atoms with Gasteiger partial charge in [-0.3, -0.25) is 4.99 Å². The topological polar surface area (TPSA) is 73.0 Å². The third-order valence-corrected chi connectivity index (χ3v) is 4.28. The molecule has 6 nitrogen and oxygen atoms in total. The van der Waals surface area contributed by atoms with Crippen LogP contribution < -0.4 is 10.6 Å². The van der Waals surface area contributed by atoms with Gasteiger partial charge in [-0.25, -0.2) is 0 Å². The molecule has 24 heavy (non-hydrogen) atoms. The molecule has 1 unspecified atom stereocenters. The predicted octanol–water partition coefficient (Wildman–Crippen LogP) is 2.13. The van der Waals surface area contributed by atoms with Gasteiger partial charge in [0.2, 0.25) is 0 Å². The summed E-state index contributed by atoms with van der Waals surface area (Å²) in [6.07, 6.45) is 7.39. The summed E-state index contributed by atoms with van der Waals surface area (Å²) in [5, 5.41) is 16.6. The highest BCUT2D eigenvalue weighted by atomic mass is 16.4. The summed E-state index contributed by atoms with van der Waals surface area (Å²) < 4.78 is 5.20. The number of guanidine groups is 1. The molecule has 6 heteroatoms. The van der Waals surface area contributed by atoms with E-state index in [1.54, 1.807) is 18.4 Å². The van der Waals surface area contributed by atoms with Gasteiger partial charge in [0.1, 0.15) is 11.9 Å². The van der Waals surface area contributed by atoms with Gasteiger partial charge < -0.3 is 25.1 Å². The van der Waals surface area contributed by atoms with Crippen molar-refractivity contribution in [1.29, 1.82) is 0 Å². The Balaban J connectivity index is 1.68. The second-order valence-corrected chi connectivity index (χ2v) is 6.29. The molecule has 1 aliphatic rings. The summed E-state index contributed by atoms with van der Waals surface area (Å²) in [5.41, 5.74) is 0. The van der Waals surface area contributed by atoms with Crippen LogP contribution >= 0.6 is 0 Å². The van der Waals surface area contributed by atoms with Crippen LogP contribution in [0.25, 0.3) is 0 Å². The van der Waals surface area contributed by atoms with Gasteiger partial charge in [0.15, 0.2) is 5.96 Å². The Labute approximate surface area is 145 Å². The van der Waals surface area contributed by atoms with Crippen molar-refractivity contribution in [2.75, 3.05) is 39.3 Å². The number of hydrogen-bond acceptors (Lipinski definition) is 4. The van der Waals surface area contributed by atoms with Crippen LogP contribution in [0.15, 0.2) is 27.8 Å². The van der Waals surface area contributed by atoms with Crippen molar-refractivity contribution in [1.82, 2.24) is 15.5 Å². The summed E-state index contributed by atoms with van der Waals surface area (Å²) in [4.78, 5) is 7.01. The van der Waals surface area contributed by atoms with Crippen molar-refractivity contribution >= 4 is 5.96 Å². The number of aliphatic hydroxyl groups excluding tert-OH is 1. The monoisotopic (exact) mass is 336 g/mol. The predicted molar refractivity (Wildman–Crippen MR) is 97.2 cm³/mol. The molecule has 1 aliphatic heterocycles. The van der Waals surface area contributed by atoms with Gasteiger partial charge in [0.05, 0.1) is 12.8 Å². The zero-order chi connectivity index (χ0) is 17.0. The third-order valence-electron chi connectivity index (χ3n) is 4.28. The number of furan rings is 1. The van der Waals surface area contributed by atoms with Crippen LogP contribution in [-0.2, 0) is 0 Å². The molecule has 1 atom stereocenters. The van der Waals surface area contributed by atoms with E-state index in [0.717, 1.165) is 32.0 Å². The van der Waals surface area contributed by atoms with Gasteiger partial charge in [-0.15, -0.1) is 0 Å². The fourth-order valence-corrected chi connectivity index (χ4v) is 2.96. The fourth-order valence-electron chi connectivity index (χ4n) is 2.96. The van der Waals surface area contributed by atoms with Crippen LogP contribution in [0, 0.1) is 0 Å². The number of aliphatic hydroxyl groups is 1. The summed E-state index contributed by atoms with van der Waals surface area (Å²) in [5.74, 6) is 1.30. The molecule has 1 aromatic heterocycles. The third kappa shape index (κ3) is 6.93. The quantitative estimate of drug-likeness (QED) is 0.385. The minimum Gasteiger partial charge on any atom is -0.467 e. The highest BCUT2D eigenvalue weighted by Crippen LogP contribution is 2.13. The van der Waals surface area contributed by atoms with Gasteiger partial charge in [-0.2, -0.15) is 0 Å². The normalized spacial score (nSPS) is 18.2. The molecule has 1 aromatic rings. The van der Waals surface area contributed by atoms with Gasteiger partial charge in [-0.05, 0) is 58.0 Å². The van der Waals surface area contributed by atoms with Crippen LogP contribution in [0.1, 0.15) is 50.9 Å². The fraction of sp³-hybridized carbons (Fsp3) is 0.722. The molecule has 136 valence electrons. The lowest BCUT2D eigenvalue weighted by molar-refractivity contribution is 0.158. The molecular weight excluding hydrogens is 304 g/mol. The zero-order valence-electron chi connectivity index (χ0n) is 14.8. The number of nitrogens with zero attached hydrogens (tertiary/aromatic N) is 2. The standard InChI is InChI=1S/C18H32N4O2/c1-2-19-18(21-15-16(23)17-9-7-14-24-17)20-10-8-13-22-11-5-3-4-6-12-22/h7,9,14,16,23H,2-6,8,10-13,15H2,1H3,(H2,19,20,21). The second kappa shape index (κ2) is 11.1. The van der Waals surface area contributed by atoms with E-state index in [0.29, 0.717) is 5.76 Å². The minimum atomic E-state index is -0.701. The van der Waals surface area contributed by atoms with Crippen molar-refractivity contribution in [2.45, 2.75) is 45.1 Å². The molecule has 0 amide bonds. The first-order valence-electron chi connectivity index (χ1n) is 9.25. The van der Waals surface area contributed by atoms with Crippen LogP contribution in [0.2, 0.25) is 0 Å². The number of hydrogen-bond donors (Lipinski definition) is 3. The summed E-state index contributed by atoms with van der Waals surface area (Å²) in [7, 11) is 0. The van der Waals surface area contributed by atoms with Crippen LogP contribution in [0.3, 0.4) is 0 Å². The molecule has 0 saturated carbocycles. The first-order valence-corrected chi connectivity index (χ1v) is 9.25. The zero-order valence-corrected chi connectivity index (χ0v) is 14.8. The molecule has 1 saturated heterocycles. The summed E-state index contributed by atoms with van der Waals surface area (Å²) in [6, 6.07) is 3.54. The van der Waals surface area contributed by atoms with E-state index in [9.17, 15) is 5.11 Å². The molecule has 2 rings (SSSR count). The summed E-state index contributed by atoms with van der Waals surface area (Å²) >= 11 is 0. The first-order chi connectivity index (χ1) is 11.8. The molecule has 0 aromatic carbocycles. The maximum absolute atomic E-state index is 10.0. The number of nitrogens with one attached hydrogen (secondary N) is 2. The number of likely N-dealkylation sites (tertiary alicyclic amines) is 1. The van der Waals surface area contributed by atoms with E-state index in [4.69, 9.17) is 4.42 Å². The van der Waals surface area contributed by atoms with Gasteiger partial charge in [0.25, 0.3) is 0 Å². The van der Waals surface area contributed by atoms with Crippen LogP contribution in [-0.4, -0.2) is 55.2 Å². The Morgan fingerprint density at radius 2 is 2.08 bits per heavy atom. The lowest BCUT2D eigenvalue weighted by atomic mass is 10.2. The molecular formula is C18H32N4O2. The van der Waals surface area contributed by atoms with Gasteiger partial charge in [0, 0.05) is 13.1 Å². The Hall–Kier alpha value is -1.53. The molecule has 1 fully saturated rings. The maximum Gasteiger partial charge on any atom is 0.191 e. The molecule has 2 heterocycles. The number of rotatable bonds is 8. The van der Waals surface area contributed by atoms with E-state index in [1.807, 2.05) is 6.92 Å². The Morgan fingerprint density at radius 1 is 1.29 bits per heavy atom. The lowest BCUT2D eigenvalue weighted by Crippen LogP contribution is -2.39. The summed E-state index contributed by atoms with van der Waals surface area (Å²) in [6.45, 7) is 7.63. The van der Waals surface area contributed by atoms with E-state index < -0.39 is 6.10 Å². The van der Waals surface area contributed by atoms with Gasteiger partial charge in [-0.1, -0.05) is 12.8 Å². The van der Waals surface area contributed by atoms with E-state index in [1.165, 1.54) is 38.8 Å². The van der Waals surface area contributed by atoms with Gasteiger partial charge >= 0.3 is 0 Å². The highest BCUT2D eigenvalue weighted by molar-refractivity contribution is 5.79. The van der Waals surface area contributed by atoms with Crippen LogP contribution in [0.4, 0.5) is 0 Å². The van der Waals surface area contributed by atoms with Crippen molar-refractivity contribution in [3.05, 3.63) is 24.2 Å². The Bertz CT molecular complexity index is 454. The molecule has 0 bridgehead atoms. The van der Waals surface area contributed by atoms with Crippen LogP contribution in [0.5, 0.6) is 0 Å². The first kappa shape index (κ1) is 18.8. The highest BCUT2D eigenvalue weighted by Gasteiger charge is 2.10. The second-order valence-electron chi connectivity index (χ2n) is 6.29. The smallest absolute Gasteiger partial charge is 0.191 e. The maximum atomic E-state index is 10.0. The molecule has 0 spiro atoms. The largest absolute Gasteiger partial charge is 0.467 e. The molecule has 0 radical (unpaired) electrons. The molecule has 3 N–H and O–H groups in total. The van der Waals surface area contributed by atoms with E-state index in [-0.39, 0.29) is 6.54 Å². The average molecular weight is 336 g/mol. The Kier molecular flexibility index (Phi) is 8.70. The lowest BCUT2D eigenvalue weighted by Gasteiger charge is -2.20. The minimum absolute atomic E-state index is 0.287. The van der Waals surface area contributed by atoms with E-state index >= 15 is 0 Å². The van der Waals surface area contributed by atoms with Crippen molar-refractivity contribution in [2.24, 2.45) is 4.99 Å². The average Bonchev–Trinajstić information content (AvgIpc) is 3.01.